The number of nitrogens with two attached hydrogens (primary N) is 1. The van der Waals surface area contributed by atoms with Gasteiger partial charge in [-0.25, -0.2) is 0 Å². The molecule has 4 nitrogen and oxygen atoms in total. The Balaban J connectivity index is 2.07. The summed E-state index contributed by atoms with van der Waals surface area (Å²) < 4.78 is 0. The Kier molecular flexibility index (Phi) is 3.48. The maximum Gasteiger partial charge on any atom is 0.0995 e. The lowest BCUT2D eigenvalue weighted by Gasteiger charge is -2.19. The fourth-order valence-corrected chi connectivity index (χ4v) is 1.89. The SMILES string of the molecule is CC(C)(C)c1ccc(CC(N)c2cn[nH]n2)cc1. The van der Waals surface area contributed by atoms with Crippen LogP contribution in [0.4, 0.5) is 0 Å². The van der Waals surface area contributed by atoms with Crippen molar-refractivity contribution in [3.05, 3.63) is 47.3 Å². The van der Waals surface area contributed by atoms with E-state index in [9.17, 15) is 0 Å². The Bertz CT molecular complexity index is 480. The van der Waals surface area contributed by atoms with Crippen LogP contribution in [0.25, 0.3) is 0 Å². The minimum Gasteiger partial charge on any atom is -0.322 e. The van der Waals surface area contributed by atoms with Crippen molar-refractivity contribution >= 4 is 0 Å². The number of nitrogens with zero attached hydrogens (tertiary/aromatic N) is 2. The molecule has 1 aromatic carbocycles. The summed E-state index contributed by atoms with van der Waals surface area (Å²) in [5, 5.41) is 10.4. The van der Waals surface area contributed by atoms with Crippen molar-refractivity contribution in [2.45, 2.75) is 38.6 Å². The molecule has 0 aliphatic heterocycles. The molecule has 1 atom stereocenters. The third-order valence-corrected chi connectivity index (χ3v) is 3.09. The highest BCUT2D eigenvalue weighted by Gasteiger charge is 2.14. The first kappa shape index (κ1) is 12.8. The fraction of sp³-hybridized carbons (Fsp3) is 0.429. The second kappa shape index (κ2) is 4.90. The molecule has 96 valence electrons. The number of nitrogens with one attached hydrogen (secondary N) is 1. The highest BCUT2D eigenvalue weighted by molar-refractivity contribution is 5.28. The van der Waals surface area contributed by atoms with Crippen molar-refractivity contribution in [2.24, 2.45) is 5.73 Å². The number of benzene rings is 1. The second-order valence-corrected chi connectivity index (χ2v) is 5.65. The van der Waals surface area contributed by atoms with Gasteiger partial charge in [0, 0.05) is 0 Å². The average Bonchev–Trinajstić information content (AvgIpc) is 2.82. The lowest BCUT2D eigenvalue weighted by Crippen LogP contribution is -2.14. The minimum atomic E-state index is -0.107. The Morgan fingerprint density at radius 3 is 2.39 bits per heavy atom. The van der Waals surface area contributed by atoms with Crippen molar-refractivity contribution in [1.29, 1.82) is 0 Å². The van der Waals surface area contributed by atoms with Gasteiger partial charge in [-0.3, -0.25) is 0 Å². The molecule has 0 spiro atoms. The van der Waals surface area contributed by atoms with Gasteiger partial charge in [-0.05, 0) is 23.0 Å². The van der Waals surface area contributed by atoms with Crippen LogP contribution >= 0.6 is 0 Å². The maximum absolute atomic E-state index is 6.07. The lowest BCUT2D eigenvalue weighted by atomic mass is 9.86. The number of aromatic nitrogens is 3. The average molecular weight is 244 g/mol. The van der Waals surface area contributed by atoms with Gasteiger partial charge >= 0.3 is 0 Å². The summed E-state index contributed by atoms with van der Waals surface area (Å²) in [5.74, 6) is 0. The van der Waals surface area contributed by atoms with E-state index < -0.39 is 0 Å². The van der Waals surface area contributed by atoms with E-state index >= 15 is 0 Å². The van der Waals surface area contributed by atoms with Gasteiger partial charge in [0.05, 0.1) is 17.9 Å². The van der Waals surface area contributed by atoms with Crippen LogP contribution in [0.1, 0.15) is 43.6 Å². The van der Waals surface area contributed by atoms with Crippen molar-refractivity contribution in [3.63, 3.8) is 0 Å². The predicted octanol–water partition coefficient (Wildman–Crippen LogP) is 2.34. The van der Waals surface area contributed by atoms with Crippen molar-refractivity contribution < 1.29 is 0 Å². The van der Waals surface area contributed by atoms with Gasteiger partial charge in [0.15, 0.2) is 0 Å². The van der Waals surface area contributed by atoms with Crippen LogP contribution in [-0.4, -0.2) is 15.4 Å². The largest absolute Gasteiger partial charge is 0.322 e. The molecular weight excluding hydrogens is 224 g/mol. The minimum absolute atomic E-state index is 0.107. The summed E-state index contributed by atoms with van der Waals surface area (Å²) >= 11 is 0. The second-order valence-electron chi connectivity index (χ2n) is 5.65. The monoisotopic (exact) mass is 244 g/mol. The summed E-state index contributed by atoms with van der Waals surface area (Å²) in [5.41, 5.74) is 9.62. The first-order valence-corrected chi connectivity index (χ1v) is 6.17. The van der Waals surface area contributed by atoms with Gasteiger partial charge in [0.1, 0.15) is 0 Å². The van der Waals surface area contributed by atoms with Gasteiger partial charge in [0.25, 0.3) is 0 Å². The number of aromatic amines is 1. The third-order valence-electron chi connectivity index (χ3n) is 3.09. The number of hydrogen-bond donors (Lipinski definition) is 2. The molecule has 0 fully saturated rings. The van der Waals surface area contributed by atoms with E-state index in [0.29, 0.717) is 0 Å². The summed E-state index contributed by atoms with van der Waals surface area (Å²) in [6.07, 6.45) is 2.45. The summed E-state index contributed by atoms with van der Waals surface area (Å²) in [6, 6.07) is 8.51. The third kappa shape index (κ3) is 2.96. The lowest BCUT2D eigenvalue weighted by molar-refractivity contribution is 0.589. The molecular formula is C14H20N4. The predicted molar refractivity (Wildman–Crippen MR) is 72.2 cm³/mol. The molecule has 0 amide bonds. The van der Waals surface area contributed by atoms with Gasteiger partial charge in [-0.15, -0.1) is 0 Å². The van der Waals surface area contributed by atoms with E-state index in [2.05, 4.69) is 60.4 Å². The van der Waals surface area contributed by atoms with Gasteiger partial charge in [0.2, 0.25) is 0 Å². The van der Waals surface area contributed by atoms with E-state index in [-0.39, 0.29) is 11.5 Å². The quantitative estimate of drug-likeness (QED) is 0.870. The van der Waals surface area contributed by atoms with Crippen LogP contribution in [0, 0.1) is 0 Å². The van der Waals surface area contributed by atoms with Gasteiger partial charge in [-0.2, -0.15) is 15.4 Å². The molecule has 1 aromatic heterocycles. The summed E-state index contributed by atoms with van der Waals surface area (Å²) in [4.78, 5) is 0. The summed E-state index contributed by atoms with van der Waals surface area (Å²) in [7, 11) is 0. The standard InChI is InChI=1S/C14H20N4/c1-14(2,3)11-6-4-10(5-7-11)8-12(15)13-9-16-18-17-13/h4-7,9,12H,8,15H2,1-3H3,(H,16,17,18). The molecule has 0 saturated carbocycles. The van der Waals surface area contributed by atoms with Crippen LogP contribution in [0.5, 0.6) is 0 Å². The fourth-order valence-electron chi connectivity index (χ4n) is 1.89. The molecule has 0 aliphatic rings. The molecule has 2 aromatic rings. The van der Waals surface area contributed by atoms with Gasteiger partial charge in [-0.1, -0.05) is 45.0 Å². The van der Waals surface area contributed by atoms with Crippen molar-refractivity contribution in [1.82, 2.24) is 15.4 Å². The van der Waals surface area contributed by atoms with E-state index in [1.54, 1.807) is 6.20 Å². The van der Waals surface area contributed by atoms with Crippen LogP contribution in [0.2, 0.25) is 0 Å². The van der Waals surface area contributed by atoms with E-state index in [4.69, 9.17) is 5.73 Å². The maximum atomic E-state index is 6.07. The highest BCUT2D eigenvalue weighted by atomic mass is 15.3. The van der Waals surface area contributed by atoms with Crippen LogP contribution in [-0.2, 0) is 11.8 Å². The van der Waals surface area contributed by atoms with Crippen LogP contribution in [0.3, 0.4) is 0 Å². The molecule has 18 heavy (non-hydrogen) atoms. The molecule has 1 unspecified atom stereocenters. The Morgan fingerprint density at radius 2 is 1.89 bits per heavy atom. The molecule has 3 N–H and O–H groups in total. The molecule has 0 radical (unpaired) electrons. The summed E-state index contributed by atoms with van der Waals surface area (Å²) in [6.45, 7) is 6.63. The number of H-pyrrole nitrogens is 1. The topological polar surface area (TPSA) is 67.6 Å². The van der Waals surface area contributed by atoms with Crippen molar-refractivity contribution in [2.75, 3.05) is 0 Å². The molecule has 2 rings (SSSR count). The normalized spacial score (nSPS) is 13.6. The highest BCUT2D eigenvalue weighted by Crippen LogP contribution is 2.23. The van der Waals surface area contributed by atoms with Crippen molar-refractivity contribution in [3.8, 4) is 0 Å². The molecule has 4 heteroatoms. The first-order chi connectivity index (χ1) is 8.47. The zero-order chi connectivity index (χ0) is 13.2. The molecule has 0 aliphatic carbocycles. The molecule has 0 bridgehead atoms. The smallest absolute Gasteiger partial charge is 0.0995 e. The molecule has 1 heterocycles. The number of rotatable bonds is 3. The van der Waals surface area contributed by atoms with Crippen LogP contribution < -0.4 is 5.73 Å². The Morgan fingerprint density at radius 1 is 1.22 bits per heavy atom. The Hall–Kier alpha value is -1.68. The zero-order valence-electron chi connectivity index (χ0n) is 11.1. The first-order valence-electron chi connectivity index (χ1n) is 6.17. The van der Waals surface area contributed by atoms with E-state index in [1.165, 1.54) is 11.1 Å². The molecule has 0 saturated heterocycles. The van der Waals surface area contributed by atoms with Gasteiger partial charge < -0.3 is 5.73 Å². The van der Waals surface area contributed by atoms with E-state index in [1.807, 2.05) is 0 Å². The van der Waals surface area contributed by atoms with E-state index in [0.717, 1.165) is 12.1 Å². The van der Waals surface area contributed by atoms with Crippen LogP contribution in [0.15, 0.2) is 30.5 Å². The Labute approximate surface area is 108 Å². The zero-order valence-corrected chi connectivity index (χ0v) is 11.1. The number of hydrogen-bond acceptors (Lipinski definition) is 3.